The minimum atomic E-state index is -0.693. The second-order valence-electron chi connectivity index (χ2n) is 2.22. The topological polar surface area (TPSA) is 46.5 Å². The SMILES string of the molecule is C=C(C)C(=O)OCC(O)CS. The first-order valence-corrected chi connectivity index (χ1v) is 3.82. The van der Waals surface area contributed by atoms with E-state index in [4.69, 9.17) is 5.11 Å². The first kappa shape index (κ1) is 10.5. The molecule has 0 fully saturated rings. The van der Waals surface area contributed by atoms with Crippen molar-refractivity contribution in [2.45, 2.75) is 13.0 Å². The molecule has 0 aliphatic rings. The van der Waals surface area contributed by atoms with Crippen LogP contribution >= 0.6 is 12.6 Å². The summed E-state index contributed by atoms with van der Waals surface area (Å²) in [5, 5.41) is 8.91. The van der Waals surface area contributed by atoms with Gasteiger partial charge in [-0.2, -0.15) is 12.6 Å². The predicted molar refractivity (Wildman–Crippen MR) is 45.6 cm³/mol. The Hall–Kier alpha value is -0.480. The fraction of sp³-hybridized carbons (Fsp3) is 0.571. The van der Waals surface area contributed by atoms with Gasteiger partial charge in [-0.05, 0) is 6.92 Å². The largest absolute Gasteiger partial charge is 0.460 e. The molecular weight excluding hydrogens is 164 g/mol. The number of ether oxygens (including phenoxy) is 1. The number of thiol groups is 1. The molecule has 0 rings (SSSR count). The lowest BCUT2D eigenvalue weighted by Crippen LogP contribution is -2.20. The monoisotopic (exact) mass is 176 g/mol. The third-order valence-electron chi connectivity index (χ3n) is 0.966. The van der Waals surface area contributed by atoms with Crippen molar-refractivity contribution in [1.29, 1.82) is 0 Å². The number of carbonyl (C=O) groups excluding carboxylic acids is 1. The second kappa shape index (κ2) is 5.21. The van der Waals surface area contributed by atoms with E-state index in [1.165, 1.54) is 0 Å². The first-order chi connectivity index (χ1) is 5.07. The number of aliphatic hydroxyl groups excluding tert-OH is 1. The molecule has 64 valence electrons. The summed E-state index contributed by atoms with van der Waals surface area (Å²) < 4.78 is 4.62. The Balaban J connectivity index is 3.54. The molecule has 0 aromatic heterocycles. The number of aliphatic hydroxyl groups is 1. The van der Waals surface area contributed by atoms with Gasteiger partial charge in [-0.15, -0.1) is 0 Å². The molecule has 0 radical (unpaired) electrons. The highest BCUT2D eigenvalue weighted by atomic mass is 32.1. The molecule has 1 unspecified atom stereocenters. The molecule has 0 aliphatic carbocycles. The molecule has 1 atom stereocenters. The molecule has 0 saturated carbocycles. The number of esters is 1. The molecule has 0 aromatic carbocycles. The van der Waals surface area contributed by atoms with Crippen LogP contribution in [-0.4, -0.2) is 29.5 Å². The fourth-order valence-corrected chi connectivity index (χ4v) is 0.453. The van der Waals surface area contributed by atoms with Crippen molar-refractivity contribution >= 4 is 18.6 Å². The summed E-state index contributed by atoms with van der Waals surface area (Å²) in [4.78, 5) is 10.7. The molecule has 0 spiro atoms. The fourth-order valence-electron chi connectivity index (χ4n) is 0.348. The van der Waals surface area contributed by atoms with Crippen molar-refractivity contribution in [1.82, 2.24) is 0 Å². The third-order valence-corrected chi connectivity index (χ3v) is 1.39. The van der Waals surface area contributed by atoms with E-state index in [2.05, 4.69) is 23.9 Å². The summed E-state index contributed by atoms with van der Waals surface area (Å²) in [6.07, 6.45) is -0.693. The van der Waals surface area contributed by atoms with Crippen molar-refractivity contribution in [2.24, 2.45) is 0 Å². The zero-order valence-electron chi connectivity index (χ0n) is 6.41. The maximum atomic E-state index is 10.7. The lowest BCUT2D eigenvalue weighted by Gasteiger charge is -2.07. The minimum absolute atomic E-state index is 0.0187. The van der Waals surface area contributed by atoms with E-state index in [-0.39, 0.29) is 12.4 Å². The normalized spacial score (nSPS) is 12.3. The average Bonchev–Trinajstić information content (AvgIpc) is 1.99. The Kier molecular flexibility index (Phi) is 4.98. The van der Waals surface area contributed by atoms with Crippen LogP contribution in [0.2, 0.25) is 0 Å². The molecule has 0 saturated heterocycles. The maximum Gasteiger partial charge on any atom is 0.333 e. The number of hydrogen-bond donors (Lipinski definition) is 2. The van der Waals surface area contributed by atoms with E-state index in [1.807, 2.05) is 0 Å². The molecular formula is C7H12O3S. The van der Waals surface area contributed by atoms with Gasteiger partial charge in [0.05, 0.1) is 6.10 Å². The highest BCUT2D eigenvalue weighted by molar-refractivity contribution is 7.80. The quantitative estimate of drug-likeness (QED) is 0.370. The van der Waals surface area contributed by atoms with Gasteiger partial charge in [-0.25, -0.2) is 4.79 Å². The van der Waals surface area contributed by atoms with Crippen molar-refractivity contribution in [3.63, 3.8) is 0 Å². The van der Waals surface area contributed by atoms with Crippen LogP contribution in [0.3, 0.4) is 0 Å². The highest BCUT2D eigenvalue weighted by Gasteiger charge is 2.06. The van der Waals surface area contributed by atoms with Gasteiger partial charge in [0, 0.05) is 11.3 Å². The van der Waals surface area contributed by atoms with E-state index in [1.54, 1.807) is 6.92 Å². The van der Waals surface area contributed by atoms with Crippen LogP contribution in [0.1, 0.15) is 6.92 Å². The first-order valence-electron chi connectivity index (χ1n) is 3.19. The third kappa shape index (κ3) is 4.86. The Morgan fingerprint density at radius 3 is 2.73 bits per heavy atom. The zero-order valence-corrected chi connectivity index (χ0v) is 7.30. The van der Waals surface area contributed by atoms with Crippen molar-refractivity contribution in [2.75, 3.05) is 12.4 Å². The van der Waals surface area contributed by atoms with Crippen molar-refractivity contribution in [3.8, 4) is 0 Å². The summed E-state index contributed by atoms with van der Waals surface area (Å²) in [5.41, 5.74) is 0.330. The van der Waals surface area contributed by atoms with E-state index in [0.29, 0.717) is 5.57 Å². The minimum Gasteiger partial charge on any atom is -0.460 e. The van der Waals surface area contributed by atoms with Crippen molar-refractivity contribution in [3.05, 3.63) is 12.2 Å². The van der Waals surface area contributed by atoms with Gasteiger partial charge < -0.3 is 9.84 Å². The predicted octanol–water partition coefficient (Wildman–Crippen LogP) is 0.396. The summed E-state index contributed by atoms with van der Waals surface area (Å²) in [5.74, 6) is -0.199. The molecule has 4 heteroatoms. The lowest BCUT2D eigenvalue weighted by atomic mass is 10.3. The molecule has 3 nitrogen and oxygen atoms in total. The molecule has 11 heavy (non-hydrogen) atoms. The van der Waals surface area contributed by atoms with Crippen molar-refractivity contribution < 1.29 is 14.6 Å². The van der Waals surface area contributed by atoms with E-state index in [0.717, 1.165) is 0 Å². The number of rotatable bonds is 4. The lowest BCUT2D eigenvalue weighted by molar-refractivity contribution is -0.141. The van der Waals surface area contributed by atoms with Crippen LogP contribution in [0, 0.1) is 0 Å². The Bertz CT molecular complexity index is 156. The van der Waals surface area contributed by atoms with E-state index < -0.39 is 12.1 Å². The van der Waals surface area contributed by atoms with Gasteiger partial charge in [-0.1, -0.05) is 6.58 Å². The van der Waals surface area contributed by atoms with Gasteiger partial charge in [0.25, 0.3) is 0 Å². The van der Waals surface area contributed by atoms with Gasteiger partial charge in [0.15, 0.2) is 0 Å². The van der Waals surface area contributed by atoms with Crippen LogP contribution in [-0.2, 0) is 9.53 Å². The van der Waals surface area contributed by atoms with Gasteiger partial charge >= 0.3 is 5.97 Å². The average molecular weight is 176 g/mol. The highest BCUT2D eigenvalue weighted by Crippen LogP contribution is 1.94. The van der Waals surface area contributed by atoms with Gasteiger partial charge in [0.1, 0.15) is 6.61 Å². The van der Waals surface area contributed by atoms with Crippen LogP contribution in [0.25, 0.3) is 0 Å². The maximum absolute atomic E-state index is 10.7. The molecule has 0 bridgehead atoms. The smallest absolute Gasteiger partial charge is 0.333 e. The Morgan fingerprint density at radius 2 is 2.36 bits per heavy atom. The summed E-state index contributed by atoms with van der Waals surface area (Å²) >= 11 is 3.81. The summed E-state index contributed by atoms with van der Waals surface area (Å²) in [6, 6.07) is 0. The van der Waals surface area contributed by atoms with Gasteiger partial charge in [-0.3, -0.25) is 0 Å². The number of carbonyl (C=O) groups is 1. The standard InChI is InChI=1S/C7H12O3S/c1-5(2)7(9)10-3-6(8)4-11/h6,8,11H,1,3-4H2,2H3. The van der Waals surface area contributed by atoms with Gasteiger partial charge in [0.2, 0.25) is 0 Å². The Labute approximate surface area is 71.5 Å². The second-order valence-corrected chi connectivity index (χ2v) is 2.58. The number of hydrogen-bond acceptors (Lipinski definition) is 4. The molecule has 1 N–H and O–H groups in total. The van der Waals surface area contributed by atoms with Crippen LogP contribution in [0.4, 0.5) is 0 Å². The zero-order chi connectivity index (χ0) is 8.85. The Morgan fingerprint density at radius 1 is 1.82 bits per heavy atom. The molecule has 0 aliphatic heterocycles. The van der Waals surface area contributed by atoms with Crippen LogP contribution in [0.5, 0.6) is 0 Å². The van der Waals surface area contributed by atoms with Crippen LogP contribution in [0.15, 0.2) is 12.2 Å². The van der Waals surface area contributed by atoms with E-state index in [9.17, 15) is 4.79 Å². The molecule has 0 heterocycles. The molecule has 0 aromatic rings. The summed E-state index contributed by atoms with van der Waals surface area (Å²) in [7, 11) is 0. The van der Waals surface area contributed by atoms with E-state index >= 15 is 0 Å². The summed E-state index contributed by atoms with van der Waals surface area (Å²) in [6.45, 7) is 4.92. The molecule has 0 amide bonds. The van der Waals surface area contributed by atoms with Crippen LogP contribution < -0.4 is 0 Å².